The highest BCUT2D eigenvalue weighted by Gasteiger charge is 2.43. The largest absolute Gasteiger partial charge is 0.379 e. The maximum atomic E-state index is 12.8. The van der Waals surface area contributed by atoms with E-state index in [0.717, 1.165) is 31.4 Å². The number of hydrogen-bond acceptors (Lipinski definition) is 4. The van der Waals surface area contributed by atoms with Gasteiger partial charge in [-0.25, -0.2) is 0 Å². The number of hydrogen-bond donors (Lipinski definition) is 1. The van der Waals surface area contributed by atoms with Crippen molar-refractivity contribution in [2.45, 2.75) is 44.8 Å². The average Bonchev–Trinajstić information content (AvgIpc) is 2.53. The summed E-state index contributed by atoms with van der Waals surface area (Å²) >= 11 is 0. The lowest BCUT2D eigenvalue weighted by atomic mass is 9.91. The third kappa shape index (κ3) is 3.91. The topological polar surface area (TPSA) is 53.0 Å². The molecule has 1 aromatic rings. The molecule has 2 saturated heterocycles. The molecule has 1 N–H and O–H groups in total. The molecule has 2 aliphatic rings. The molecule has 0 radical (unpaired) electrons. The van der Waals surface area contributed by atoms with Gasteiger partial charge in [-0.3, -0.25) is 9.63 Å². The minimum atomic E-state index is -1.32. The number of nitrogens with zero attached hydrogens (tertiary/aromatic N) is 2. The molecule has 0 bridgehead atoms. The fourth-order valence-electron chi connectivity index (χ4n) is 3.46. The van der Waals surface area contributed by atoms with E-state index in [0.29, 0.717) is 26.1 Å². The van der Waals surface area contributed by atoms with Crippen molar-refractivity contribution in [3.05, 3.63) is 35.4 Å². The second-order valence-corrected chi connectivity index (χ2v) is 6.75. The van der Waals surface area contributed by atoms with Gasteiger partial charge in [-0.05, 0) is 38.2 Å². The van der Waals surface area contributed by atoms with E-state index >= 15 is 0 Å². The fourth-order valence-corrected chi connectivity index (χ4v) is 3.46. The molecule has 126 valence electrons. The number of amides is 1. The molecule has 2 fully saturated rings. The Morgan fingerprint density at radius 2 is 2.13 bits per heavy atom. The maximum Gasteiger partial charge on any atom is 0.256 e. The number of likely N-dealkylation sites (tertiary alicyclic amines) is 1. The minimum absolute atomic E-state index is 0.167. The molecule has 23 heavy (non-hydrogen) atoms. The molecule has 0 spiro atoms. The highest BCUT2D eigenvalue weighted by Crippen LogP contribution is 2.26. The summed E-state index contributed by atoms with van der Waals surface area (Å²) in [6.45, 7) is 5.05. The number of benzene rings is 1. The van der Waals surface area contributed by atoms with Crippen molar-refractivity contribution in [3.63, 3.8) is 0 Å². The van der Waals surface area contributed by atoms with Crippen LogP contribution in [0.2, 0.25) is 0 Å². The first-order chi connectivity index (χ1) is 11.1. The SMILES string of the molecule is Cc1cccc(CN2CCC[C@@](O)(CN3CCCCO3)C2=O)c1. The standard InChI is InChI=1S/C18H26N2O3/c1-15-6-4-7-16(12-15)13-19-9-5-8-18(22,17(19)21)14-20-10-2-3-11-23-20/h4,6-7,12,22H,2-3,5,8-11,13-14H2,1H3/t18-/m1/s1. The summed E-state index contributed by atoms with van der Waals surface area (Å²) in [5.74, 6) is -0.167. The lowest BCUT2D eigenvalue weighted by molar-refractivity contribution is -0.215. The molecule has 0 aromatic heterocycles. The second kappa shape index (κ2) is 6.99. The first-order valence-electron chi connectivity index (χ1n) is 8.52. The van der Waals surface area contributed by atoms with E-state index in [4.69, 9.17) is 4.84 Å². The van der Waals surface area contributed by atoms with Crippen LogP contribution in [0.25, 0.3) is 0 Å². The smallest absolute Gasteiger partial charge is 0.256 e. The minimum Gasteiger partial charge on any atom is -0.379 e. The monoisotopic (exact) mass is 318 g/mol. The van der Waals surface area contributed by atoms with Crippen molar-refractivity contribution in [2.24, 2.45) is 0 Å². The van der Waals surface area contributed by atoms with E-state index in [-0.39, 0.29) is 12.5 Å². The van der Waals surface area contributed by atoms with Crippen LogP contribution in [0, 0.1) is 6.92 Å². The molecule has 0 saturated carbocycles. The van der Waals surface area contributed by atoms with Crippen molar-refractivity contribution >= 4 is 5.91 Å². The van der Waals surface area contributed by atoms with Gasteiger partial charge in [0.2, 0.25) is 0 Å². The molecule has 2 aliphatic heterocycles. The van der Waals surface area contributed by atoms with E-state index in [1.54, 1.807) is 9.96 Å². The van der Waals surface area contributed by atoms with Crippen LogP contribution in [0.5, 0.6) is 0 Å². The fraction of sp³-hybridized carbons (Fsp3) is 0.611. The molecule has 0 unspecified atom stereocenters. The van der Waals surface area contributed by atoms with E-state index < -0.39 is 5.60 Å². The molecule has 1 aromatic carbocycles. The van der Waals surface area contributed by atoms with Gasteiger partial charge in [-0.15, -0.1) is 0 Å². The summed E-state index contributed by atoms with van der Waals surface area (Å²) in [4.78, 5) is 20.1. The van der Waals surface area contributed by atoms with E-state index in [1.165, 1.54) is 5.56 Å². The van der Waals surface area contributed by atoms with Crippen molar-refractivity contribution in [1.82, 2.24) is 9.96 Å². The van der Waals surface area contributed by atoms with Gasteiger partial charge in [0.15, 0.2) is 5.60 Å². The number of piperidine rings is 1. The van der Waals surface area contributed by atoms with Crippen molar-refractivity contribution in [3.8, 4) is 0 Å². The summed E-state index contributed by atoms with van der Waals surface area (Å²) in [6.07, 6.45) is 3.43. The molecule has 3 rings (SSSR count). The molecule has 2 heterocycles. The Morgan fingerprint density at radius 1 is 1.26 bits per heavy atom. The number of aliphatic hydroxyl groups is 1. The molecule has 0 aliphatic carbocycles. The van der Waals surface area contributed by atoms with Gasteiger partial charge in [0.25, 0.3) is 5.91 Å². The third-order valence-corrected chi connectivity index (χ3v) is 4.67. The van der Waals surface area contributed by atoms with Gasteiger partial charge in [0.05, 0.1) is 13.2 Å². The van der Waals surface area contributed by atoms with Crippen LogP contribution < -0.4 is 0 Å². The number of carbonyl (C=O) groups is 1. The number of β-amino-alcohol motifs (C(OH)–C–C–N with tert-alkyl or cyclic N) is 1. The molecule has 5 nitrogen and oxygen atoms in total. The van der Waals surface area contributed by atoms with Crippen molar-refractivity contribution in [2.75, 3.05) is 26.2 Å². The predicted molar refractivity (Wildman–Crippen MR) is 87.5 cm³/mol. The van der Waals surface area contributed by atoms with Crippen molar-refractivity contribution in [1.29, 1.82) is 0 Å². The Morgan fingerprint density at radius 3 is 2.87 bits per heavy atom. The predicted octanol–water partition coefficient (Wildman–Crippen LogP) is 1.88. The zero-order valence-electron chi connectivity index (χ0n) is 13.8. The molecule has 1 atom stereocenters. The van der Waals surface area contributed by atoms with Crippen LogP contribution in [0.3, 0.4) is 0 Å². The summed E-state index contributed by atoms with van der Waals surface area (Å²) in [7, 11) is 0. The van der Waals surface area contributed by atoms with Crippen LogP contribution >= 0.6 is 0 Å². The van der Waals surface area contributed by atoms with Gasteiger partial charge >= 0.3 is 0 Å². The van der Waals surface area contributed by atoms with Gasteiger partial charge in [0, 0.05) is 19.6 Å². The first kappa shape index (κ1) is 16.4. The molecular formula is C18H26N2O3. The summed E-state index contributed by atoms with van der Waals surface area (Å²) in [6, 6.07) is 8.18. The van der Waals surface area contributed by atoms with E-state index in [2.05, 4.69) is 6.07 Å². The Balaban J connectivity index is 1.67. The Labute approximate surface area is 137 Å². The number of hydroxylamine groups is 2. The molecule has 5 heteroatoms. The third-order valence-electron chi connectivity index (χ3n) is 4.67. The van der Waals surface area contributed by atoms with E-state index in [9.17, 15) is 9.90 Å². The van der Waals surface area contributed by atoms with Crippen molar-refractivity contribution < 1.29 is 14.7 Å². The van der Waals surface area contributed by atoms with Gasteiger partial charge in [0.1, 0.15) is 0 Å². The van der Waals surface area contributed by atoms with Crippen LogP contribution in [-0.4, -0.2) is 52.8 Å². The van der Waals surface area contributed by atoms with E-state index in [1.807, 2.05) is 25.1 Å². The Hall–Kier alpha value is -1.43. The second-order valence-electron chi connectivity index (χ2n) is 6.75. The highest BCUT2D eigenvalue weighted by molar-refractivity contribution is 5.86. The van der Waals surface area contributed by atoms with Gasteiger partial charge in [-0.1, -0.05) is 29.8 Å². The summed E-state index contributed by atoms with van der Waals surface area (Å²) < 4.78 is 0. The maximum absolute atomic E-state index is 12.8. The number of carbonyl (C=O) groups excluding carboxylic acids is 1. The number of rotatable bonds is 4. The van der Waals surface area contributed by atoms with Gasteiger partial charge < -0.3 is 10.0 Å². The first-order valence-corrected chi connectivity index (χ1v) is 8.52. The zero-order chi connectivity index (χ0) is 16.3. The normalized spacial score (nSPS) is 26.5. The number of aryl methyl sites for hydroxylation is 1. The summed E-state index contributed by atoms with van der Waals surface area (Å²) in [5.41, 5.74) is 0.972. The lowest BCUT2D eigenvalue weighted by Gasteiger charge is -2.41. The average molecular weight is 318 g/mol. The molecular weight excluding hydrogens is 292 g/mol. The van der Waals surface area contributed by atoms with Crippen LogP contribution in [-0.2, 0) is 16.2 Å². The van der Waals surface area contributed by atoms with Crippen LogP contribution in [0.1, 0.15) is 36.8 Å². The molecule has 1 amide bonds. The zero-order valence-corrected chi connectivity index (χ0v) is 13.8. The van der Waals surface area contributed by atoms with Crippen LogP contribution in [0.4, 0.5) is 0 Å². The highest BCUT2D eigenvalue weighted by atomic mass is 16.7. The Bertz CT molecular complexity index is 557. The van der Waals surface area contributed by atoms with Crippen LogP contribution in [0.15, 0.2) is 24.3 Å². The Kier molecular flexibility index (Phi) is 4.99. The lowest BCUT2D eigenvalue weighted by Crippen LogP contribution is -2.58. The summed E-state index contributed by atoms with van der Waals surface area (Å²) in [5, 5.41) is 12.6. The van der Waals surface area contributed by atoms with Gasteiger partial charge in [-0.2, -0.15) is 5.06 Å². The quantitative estimate of drug-likeness (QED) is 0.921.